The van der Waals surface area contributed by atoms with E-state index in [0.29, 0.717) is 0 Å². The van der Waals surface area contributed by atoms with Crippen LogP contribution in [0, 0.1) is 0 Å². The number of hydrogen-bond donors (Lipinski definition) is 3. The molecule has 0 fully saturated rings. The Hall–Kier alpha value is 0.910. The molecule has 0 saturated heterocycles. The molecular formula is C7H19NaO7S. The normalized spacial score (nSPS) is 10.6. The molecule has 7 nitrogen and oxygen atoms in total. The maximum absolute atomic E-state index is 9.17. The standard InChI is InChI=1S/2C3H8O2.CH3O3S.Na/c2*1-3(2)5-4;2-1-5(3)4;/h2*3-4H,1-2H3;1H2,(H,3,4);/q;;-1;+1. The van der Waals surface area contributed by atoms with E-state index >= 15 is 0 Å². The molecule has 0 aromatic rings. The first-order valence-electron chi connectivity index (χ1n) is 4.07. The van der Waals surface area contributed by atoms with Crippen LogP contribution >= 0.6 is 0 Å². The first kappa shape index (κ1) is 25.7. The van der Waals surface area contributed by atoms with Gasteiger partial charge < -0.3 is 9.66 Å². The van der Waals surface area contributed by atoms with Crippen LogP contribution in [0.3, 0.4) is 0 Å². The fraction of sp³-hybridized carbons (Fsp3) is 1.00. The van der Waals surface area contributed by atoms with Crippen molar-refractivity contribution in [2.24, 2.45) is 0 Å². The largest absolute Gasteiger partial charge is 1.00 e. The minimum atomic E-state index is -2.13. The van der Waals surface area contributed by atoms with Crippen molar-refractivity contribution in [1.82, 2.24) is 0 Å². The summed E-state index contributed by atoms with van der Waals surface area (Å²) in [4.78, 5) is 7.50. The van der Waals surface area contributed by atoms with E-state index in [0.717, 1.165) is 0 Å². The quantitative estimate of drug-likeness (QED) is 0.221. The van der Waals surface area contributed by atoms with Gasteiger partial charge in [0.1, 0.15) is 11.1 Å². The Morgan fingerprint density at radius 1 is 1.12 bits per heavy atom. The molecule has 0 aliphatic heterocycles. The van der Waals surface area contributed by atoms with Crippen molar-refractivity contribution in [3.05, 3.63) is 0 Å². The predicted octanol–water partition coefficient (Wildman–Crippen LogP) is -2.70. The van der Waals surface area contributed by atoms with Gasteiger partial charge in [-0.25, -0.2) is 14.0 Å². The summed E-state index contributed by atoms with van der Waals surface area (Å²) in [5.74, 6) is -0.917. The van der Waals surface area contributed by atoms with E-state index in [4.69, 9.17) is 24.4 Å². The van der Waals surface area contributed by atoms with Crippen molar-refractivity contribution in [3.8, 4) is 0 Å². The van der Waals surface area contributed by atoms with Crippen LogP contribution in [-0.4, -0.2) is 37.4 Å². The molecule has 16 heavy (non-hydrogen) atoms. The second-order valence-electron chi connectivity index (χ2n) is 2.75. The molecule has 0 rings (SSSR count). The zero-order chi connectivity index (χ0) is 12.9. The molecule has 0 saturated carbocycles. The van der Waals surface area contributed by atoms with Crippen molar-refractivity contribution in [1.29, 1.82) is 0 Å². The smallest absolute Gasteiger partial charge is 0.843 e. The molecule has 9 heteroatoms. The molecule has 0 amide bonds. The summed E-state index contributed by atoms with van der Waals surface area (Å²) >= 11 is -2.13. The van der Waals surface area contributed by atoms with Crippen LogP contribution in [0.25, 0.3) is 0 Å². The molecule has 0 aliphatic rings. The molecule has 0 radical (unpaired) electrons. The van der Waals surface area contributed by atoms with Gasteiger partial charge >= 0.3 is 29.6 Å². The summed E-state index contributed by atoms with van der Waals surface area (Å²) in [5, 5.41) is 24.4. The third-order valence-electron chi connectivity index (χ3n) is 0.522. The average molecular weight is 270 g/mol. The zero-order valence-electron chi connectivity index (χ0n) is 10.2. The van der Waals surface area contributed by atoms with Crippen LogP contribution < -0.4 is 34.7 Å². The fourth-order valence-corrected chi connectivity index (χ4v) is 0. The van der Waals surface area contributed by atoms with Crippen molar-refractivity contribution in [2.45, 2.75) is 39.9 Å². The molecule has 0 heterocycles. The van der Waals surface area contributed by atoms with Gasteiger partial charge in [0.05, 0.1) is 12.2 Å². The number of rotatable bonds is 3. The SMILES string of the molecule is CC(C)OO.CC(C)OO.O=S(O)C[O-].[Na+]. The summed E-state index contributed by atoms with van der Waals surface area (Å²) < 4.78 is 16.7. The molecule has 0 bridgehead atoms. The minimum absolute atomic E-state index is 0. The summed E-state index contributed by atoms with van der Waals surface area (Å²) in [7, 11) is 0. The van der Waals surface area contributed by atoms with Crippen LogP contribution in [0.4, 0.5) is 0 Å². The van der Waals surface area contributed by atoms with Crippen LogP contribution in [0.2, 0.25) is 0 Å². The Bertz CT molecular complexity index is 126. The van der Waals surface area contributed by atoms with E-state index in [1.54, 1.807) is 27.7 Å². The fourth-order valence-electron chi connectivity index (χ4n) is 0. The first-order chi connectivity index (χ1) is 6.81. The first-order valence-corrected chi connectivity index (χ1v) is 5.35. The third kappa shape index (κ3) is 60.4. The Kier molecular flexibility index (Phi) is 34.1. The van der Waals surface area contributed by atoms with Crippen LogP contribution in [0.1, 0.15) is 27.7 Å². The van der Waals surface area contributed by atoms with E-state index in [1.807, 2.05) is 0 Å². The predicted molar refractivity (Wildman–Crippen MR) is 53.3 cm³/mol. The van der Waals surface area contributed by atoms with Gasteiger partial charge in [-0.15, -0.1) is 0 Å². The van der Waals surface area contributed by atoms with Gasteiger partial charge in [0.2, 0.25) is 0 Å². The van der Waals surface area contributed by atoms with Crippen molar-refractivity contribution in [3.63, 3.8) is 0 Å². The molecule has 0 spiro atoms. The Morgan fingerprint density at radius 3 is 1.25 bits per heavy atom. The van der Waals surface area contributed by atoms with E-state index in [1.165, 1.54) is 0 Å². The maximum atomic E-state index is 9.17. The van der Waals surface area contributed by atoms with Crippen molar-refractivity contribution >= 4 is 11.1 Å². The monoisotopic (exact) mass is 270 g/mol. The maximum Gasteiger partial charge on any atom is 1.00 e. The molecule has 1 unspecified atom stereocenters. The second-order valence-corrected chi connectivity index (χ2v) is 3.63. The van der Waals surface area contributed by atoms with Gasteiger partial charge in [-0.3, -0.25) is 10.5 Å². The molecule has 1 atom stereocenters. The van der Waals surface area contributed by atoms with Crippen LogP contribution in [0.5, 0.6) is 0 Å². The molecule has 0 aliphatic carbocycles. The summed E-state index contributed by atoms with van der Waals surface area (Å²) in [6.07, 6.45) is -0.120. The summed E-state index contributed by atoms with van der Waals surface area (Å²) in [5.41, 5.74) is 0. The van der Waals surface area contributed by atoms with Gasteiger partial charge in [0, 0.05) is 0 Å². The van der Waals surface area contributed by atoms with E-state index < -0.39 is 17.0 Å². The Labute approximate surface area is 120 Å². The topological polar surface area (TPSA) is 119 Å². The third-order valence-corrected chi connectivity index (χ3v) is 0.724. The van der Waals surface area contributed by atoms with E-state index in [9.17, 15) is 0 Å². The second kappa shape index (κ2) is 21.2. The van der Waals surface area contributed by atoms with Crippen LogP contribution in [0.15, 0.2) is 0 Å². The number of hydrogen-bond acceptors (Lipinski definition) is 6. The van der Waals surface area contributed by atoms with Crippen LogP contribution in [-0.2, 0) is 20.9 Å². The van der Waals surface area contributed by atoms with Gasteiger partial charge in [0.25, 0.3) is 0 Å². The zero-order valence-corrected chi connectivity index (χ0v) is 13.1. The molecule has 0 aromatic carbocycles. The van der Waals surface area contributed by atoms with Gasteiger partial charge in [-0.05, 0) is 33.6 Å². The van der Waals surface area contributed by atoms with Gasteiger partial charge in [-0.2, -0.15) is 0 Å². The molecule has 3 N–H and O–H groups in total. The van der Waals surface area contributed by atoms with Gasteiger partial charge in [-0.1, -0.05) is 0 Å². The van der Waals surface area contributed by atoms with Gasteiger partial charge in [0.15, 0.2) is 0 Å². The molecule has 96 valence electrons. The molecular weight excluding hydrogens is 251 g/mol. The Balaban J connectivity index is -0.0000000655. The van der Waals surface area contributed by atoms with Crippen molar-refractivity contribution in [2.75, 3.05) is 5.94 Å². The van der Waals surface area contributed by atoms with E-state index in [-0.39, 0.29) is 41.8 Å². The molecule has 0 aromatic heterocycles. The summed E-state index contributed by atoms with van der Waals surface area (Å²) in [6, 6.07) is 0. The van der Waals surface area contributed by atoms with E-state index in [2.05, 4.69) is 9.78 Å². The Morgan fingerprint density at radius 2 is 1.25 bits per heavy atom. The van der Waals surface area contributed by atoms with Crippen molar-refractivity contribution < 1.29 is 63.7 Å². The summed E-state index contributed by atoms with van der Waals surface area (Å²) in [6.45, 7) is 7.00. The average Bonchev–Trinajstić information content (AvgIpc) is 2.19. The minimum Gasteiger partial charge on any atom is -0.843 e.